The van der Waals surface area contributed by atoms with Gasteiger partial charge >= 0.3 is 5.69 Å². The molecular weight excluding hydrogens is 206 g/mol. The molecule has 0 aliphatic carbocycles. The highest BCUT2D eigenvalue weighted by Gasteiger charge is 2.14. The van der Waals surface area contributed by atoms with E-state index in [4.69, 9.17) is 4.74 Å². The van der Waals surface area contributed by atoms with Crippen LogP contribution in [-0.2, 0) is 11.3 Å². The quantitative estimate of drug-likeness (QED) is 0.715. The Hall–Kier alpha value is -1.20. The molecule has 1 aromatic rings. The van der Waals surface area contributed by atoms with Crippen LogP contribution in [0.4, 0.5) is 0 Å². The first-order chi connectivity index (χ1) is 7.86. The monoisotopic (exact) mass is 223 g/mol. The van der Waals surface area contributed by atoms with Crippen LogP contribution in [0.3, 0.4) is 0 Å². The van der Waals surface area contributed by atoms with E-state index in [9.17, 15) is 4.79 Å². The molecule has 1 atom stereocenters. The van der Waals surface area contributed by atoms with Crippen LogP contribution in [0, 0.1) is 0 Å². The Kier molecular flexibility index (Phi) is 4.07. The normalized spacial score (nSPS) is 20.1. The summed E-state index contributed by atoms with van der Waals surface area (Å²) in [5, 5.41) is 3.29. The van der Waals surface area contributed by atoms with Gasteiger partial charge in [0.05, 0.1) is 6.10 Å². The number of aromatic nitrogens is 2. The molecule has 5 nitrogen and oxygen atoms in total. The largest absolute Gasteiger partial charge is 0.377 e. The fourth-order valence-corrected chi connectivity index (χ4v) is 1.83. The van der Waals surface area contributed by atoms with E-state index >= 15 is 0 Å². The summed E-state index contributed by atoms with van der Waals surface area (Å²) in [7, 11) is 0. The van der Waals surface area contributed by atoms with Gasteiger partial charge in [-0.15, -0.1) is 0 Å². The lowest BCUT2D eigenvalue weighted by Crippen LogP contribution is -2.32. The molecule has 5 heteroatoms. The minimum absolute atomic E-state index is 0.193. The Morgan fingerprint density at radius 3 is 3.31 bits per heavy atom. The molecule has 1 aliphatic rings. The number of ether oxygens (including phenoxy) is 1. The highest BCUT2D eigenvalue weighted by atomic mass is 16.5. The van der Waals surface area contributed by atoms with E-state index in [1.54, 1.807) is 16.8 Å². The fourth-order valence-electron chi connectivity index (χ4n) is 1.83. The van der Waals surface area contributed by atoms with Crippen molar-refractivity contribution in [3.8, 4) is 0 Å². The predicted octanol–water partition coefficient (Wildman–Crippen LogP) is 0.0119. The van der Waals surface area contributed by atoms with E-state index in [0.29, 0.717) is 12.6 Å². The second-order valence-corrected chi connectivity index (χ2v) is 3.93. The summed E-state index contributed by atoms with van der Waals surface area (Å²) in [6.45, 7) is 3.17. The first kappa shape index (κ1) is 11.3. The lowest BCUT2D eigenvalue weighted by molar-refractivity contribution is 0.110. The van der Waals surface area contributed by atoms with Gasteiger partial charge in [-0.3, -0.25) is 4.57 Å². The molecule has 2 rings (SSSR count). The molecule has 0 aromatic carbocycles. The van der Waals surface area contributed by atoms with Gasteiger partial charge in [0.1, 0.15) is 0 Å². The summed E-state index contributed by atoms with van der Waals surface area (Å²) in [4.78, 5) is 15.0. The van der Waals surface area contributed by atoms with Crippen molar-refractivity contribution in [2.75, 3.05) is 19.7 Å². The van der Waals surface area contributed by atoms with Crippen LogP contribution in [-0.4, -0.2) is 35.4 Å². The molecule has 1 aromatic heterocycles. The van der Waals surface area contributed by atoms with Crippen molar-refractivity contribution in [2.24, 2.45) is 0 Å². The van der Waals surface area contributed by atoms with Crippen LogP contribution in [0.5, 0.6) is 0 Å². The number of rotatable bonds is 5. The Balaban J connectivity index is 1.68. The number of nitrogens with zero attached hydrogens (tertiary/aromatic N) is 2. The molecule has 1 N–H and O–H groups in total. The summed E-state index contributed by atoms with van der Waals surface area (Å²) >= 11 is 0. The molecule has 1 aliphatic heterocycles. The minimum Gasteiger partial charge on any atom is -0.377 e. The smallest absolute Gasteiger partial charge is 0.347 e. The highest BCUT2D eigenvalue weighted by Crippen LogP contribution is 2.10. The van der Waals surface area contributed by atoms with Gasteiger partial charge in [-0.05, 0) is 18.9 Å². The Morgan fingerprint density at radius 1 is 1.62 bits per heavy atom. The first-order valence-electron chi connectivity index (χ1n) is 5.70. The summed E-state index contributed by atoms with van der Waals surface area (Å²) in [5.74, 6) is 0. The molecule has 0 radical (unpaired) electrons. The summed E-state index contributed by atoms with van der Waals surface area (Å²) < 4.78 is 7.09. The second-order valence-electron chi connectivity index (χ2n) is 3.93. The third kappa shape index (κ3) is 3.15. The molecule has 88 valence electrons. The Bertz CT molecular complexity index is 371. The lowest BCUT2D eigenvalue weighted by Gasteiger charge is -2.10. The number of hydrogen-bond acceptors (Lipinski definition) is 4. The summed E-state index contributed by atoms with van der Waals surface area (Å²) in [6.07, 6.45) is 5.92. The van der Waals surface area contributed by atoms with Crippen molar-refractivity contribution in [3.63, 3.8) is 0 Å². The van der Waals surface area contributed by atoms with Gasteiger partial charge in [0, 0.05) is 38.6 Å². The van der Waals surface area contributed by atoms with E-state index in [-0.39, 0.29) is 5.69 Å². The van der Waals surface area contributed by atoms with Gasteiger partial charge in [0.15, 0.2) is 0 Å². The zero-order valence-corrected chi connectivity index (χ0v) is 9.26. The molecule has 0 spiro atoms. The Labute approximate surface area is 94.5 Å². The topological polar surface area (TPSA) is 56.2 Å². The van der Waals surface area contributed by atoms with Gasteiger partial charge in [-0.2, -0.15) is 0 Å². The van der Waals surface area contributed by atoms with Crippen LogP contribution >= 0.6 is 0 Å². The van der Waals surface area contributed by atoms with Gasteiger partial charge in [0.2, 0.25) is 0 Å². The zero-order chi connectivity index (χ0) is 11.2. The Morgan fingerprint density at radius 2 is 2.56 bits per heavy atom. The lowest BCUT2D eigenvalue weighted by atomic mass is 10.2. The van der Waals surface area contributed by atoms with Crippen molar-refractivity contribution in [1.29, 1.82) is 0 Å². The van der Waals surface area contributed by atoms with Crippen molar-refractivity contribution in [3.05, 3.63) is 28.9 Å². The van der Waals surface area contributed by atoms with Crippen molar-refractivity contribution in [2.45, 2.75) is 25.5 Å². The van der Waals surface area contributed by atoms with Crippen molar-refractivity contribution < 1.29 is 4.74 Å². The molecule has 2 heterocycles. The number of nitrogens with one attached hydrogen (secondary N) is 1. The van der Waals surface area contributed by atoms with E-state index < -0.39 is 0 Å². The molecule has 1 fully saturated rings. The molecule has 1 unspecified atom stereocenters. The third-order valence-electron chi connectivity index (χ3n) is 2.71. The average molecular weight is 223 g/mol. The van der Waals surface area contributed by atoms with Crippen LogP contribution in [0.25, 0.3) is 0 Å². The van der Waals surface area contributed by atoms with Crippen molar-refractivity contribution >= 4 is 0 Å². The molecule has 16 heavy (non-hydrogen) atoms. The van der Waals surface area contributed by atoms with E-state index in [1.165, 1.54) is 6.20 Å². The standard InChI is InChI=1S/C11H17N3O2/c15-11-13-4-2-6-14(11)7-5-12-9-10-3-1-8-16-10/h2,4,6,10,12H,1,3,5,7-9H2. The average Bonchev–Trinajstić information content (AvgIpc) is 2.79. The molecule has 0 saturated carbocycles. The van der Waals surface area contributed by atoms with Crippen molar-refractivity contribution in [1.82, 2.24) is 14.9 Å². The molecule has 0 bridgehead atoms. The SMILES string of the molecule is O=c1ncccn1CCNCC1CCCO1. The predicted molar refractivity (Wildman–Crippen MR) is 60.3 cm³/mol. The first-order valence-corrected chi connectivity index (χ1v) is 5.70. The molecule has 0 amide bonds. The molecule has 1 saturated heterocycles. The van der Waals surface area contributed by atoms with Crippen LogP contribution < -0.4 is 11.0 Å². The van der Waals surface area contributed by atoms with Gasteiger partial charge in [-0.25, -0.2) is 9.78 Å². The van der Waals surface area contributed by atoms with Gasteiger partial charge < -0.3 is 10.1 Å². The van der Waals surface area contributed by atoms with Gasteiger partial charge in [-0.1, -0.05) is 0 Å². The third-order valence-corrected chi connectivity index (χ3v) is 2.71. The minimum atomic E-state index is -0.193. The highest BCUT2D eigenvalue weighted by molar-refractivity contribution is 4.81. The van der Waals surface area contributed by atoms with Crippen LogP contribution in [0.15, 0.2) is 23.3 Å². The summed E-state index contributed by atoms with van der Waals surface area (Å²) in [5.41, 5.74) is -0.193. The maximum absolute atomic E-state index is 11.3. The molecular formula is C11H17N3O2. The maximum Gasteiger partial charge on any atom is 0.347 e. The maximum atomic E-state index is 11.3. The second kappa shape index (κ2) is 5.77. The van der Waals surface area contributed by atoms with E-state index in [2.05, 4.69) is 10.3 Å². The zero-order valence-electron chi connectivity index (χ0n) is 9.26. The van der Waals surface area contributed by atoms with Gasteiger partial charge in [0.25, 0.3) is 0 Å². The van der Waals surface area contributed by atoms with E-state index in [0.717, 1.165) is 32.5 Å². The summed E-state index contributed by atoms with van der Waals surface area (Å²) in [6, 6.07) is 1.77. The number of hydrogen-bond donors (Lipinski definition) is 1. The van der Waals surface area contributed by atoms with E-state index in [1.807, 2.05) is 0 Å². The fraction of sp³-hybridized carbons (Fsp3) is 0.636. The van der Waals surface area contributed by atoms with Crippen LogP contribution in [0.2, 0.25) is 0 Å². The van der Waals surface area contributed by atoms with Crippen LogP contribution in [0.1, 0.15) is 12.8 Å².